The number of aromatic nitrogens is 4. The molecule has 2 aromatic heterocycles. The Kier molecular flexibility index (Phi) is 4.39. The van der Waals surface area contributed by atoms with E-state index in [0.717, 1.165) is 22.5 Å². The molecule has 1 aromatic carbocycles. The van der Waals surface area contributed by atoms with E-state index in [1.807, 2.05) is 33.2 Å². The Bertz CT molecular complexity index is 1010. The number of carbonyl (C=O) groups is 1. The van der Waals surface area contributed by atoms with Crippen LogP contribution in [0.5, 0.6) is 0 Å². The second-order valence-corrected chi connectivity index (χ2v) is 7.38. The van der Waals surface area contributed by atoms with Crippen LogP contribution < -0.4 is 5.32 Å². The number of hydrogen-bond acceptors (Lipinski definition) is 5. The molecule has 1 aliphatic carbocycles. The first-order chi connectivity index (χ1) is 12.9. The molecule has 1 atom stereocenters. The molecule has 0 bridgehead atoms. The average Bonchev–Trinajstić information content (AvgIpc) is 3.04. The minimum atomic E-state index is -0.284. The number of aliphatic hydroxyl groups is 1. The fourth-order valence-corrected chi connectivity index (χ4v) is 3.57. The van der Waals surface area contributed by atoms with Crippen molar-refractivity contribution in [1.29, 1.82) is 0 Å². The molecule has 1 fully saturated rings. The number of amides is 1. The monoisotopic (exact) mass is 365 g/mol. The summed E-state index contributed by atoms with van der Waals surface area (Å²) in [6, 6.07) is 5.21. The molecule has 0 radical (unpaired) electrons. The Hall–Kier alpha value is -2.80. The van der Waals surface area contributed by atoms with Gasteiger partial charge in [0.1, 0.15) is 0 Å². The molecule has 7 heteroatoms. The highest BCUT2D eigenvalue weighted by atomic mass is 16.3. The van der Waals surface area contributed by atoms with E-state index in [-0.39, 0.29) is 24.0 Å². The highest BCUT2D eigenvalue weighted by Gasteiger charge is 2.36. The van der Waals surface area contributed by atoms with Gasteiger partial charge in [0, 0.05) is 24.4 Å². The van der Waals surface area contributed by atoms with Crippen molar-refractivity contribution in [2.75, 3.05) is 0 Å². The molecular weight excluding hydrogens is 342 g/mol. The van der Waals surface area contributed by atoms with Crippen molar-refractivity contribution in [3.63, 3.8) is 0 Å². The van der Waals surface area contributed by atoms with Crippen molar-refractivity contribution in [2.45, 2.75) is 38.8 Å². The van der Waals surface area contributed by atoms with Gasteiger partial charge in [0.05, 0.1) is 40.8 Å². The minimum absolute atomic E-state index is 0.160. The molecule has 0 unspecified atom stereocenters. The standard InChI is InChI=1S/C20H23N5O2/c1-11-12(2)23-18-8-13(4-5-17(18)22-11)20(27)24-19(14-6-16(26)7-14)15-9-21-25(3)10-15/h4-5,8-10,14,16,19,26H,6-7H2,1-3H3,(H,24,27)/t14?,16?,19-/m0/s1. The maximum Gasteiger partial charge on any atom is 0.251 e. The van der Waals surface area contributed by atoms with E-state index < -0.39 is 0 Å². The molecule has 7 nitrogen and oxygen atoms in total. The number of aryl methyl sites for hydroxylation is 3. The maximum absolute atomic E-state index is 12.9. The fourth-order valence-electron chi connectivity index (χ4n) is 3.57. The topological polar surface area (TPSA) is 92.9 Å². The van der Waals surface area contributed by atoms with Crippen molar-refractivity contribution in [2.24, 2.45) is 13.0 Å². The lowest BCUT2D eigenvalue weighted by Crippen LogP contribution is -2.41. The van der Waals surface area contributed by atoms with E-state index in [1.54, 1.807) is 23.0 Å². The zero-order valence-corrected chi connectivity index (χ0v) is 15.7. The highest BCUT2D eigenvalue weighted by molar-refractivity contribution is 5.97. The predicted octanol–water partition coefficient (Wildman–Crippen LogP) is 2.22. The second-order valence-electron chi connectivity index (χ2n) is 7.38. The first kappa shape index (κ1) is 17.6. The summed E-state index contributed by atoms with van der Waals surface area (Å²) in [5.74, 6) is 0.0467. The van der Waals surface area contributed by atoms with E-state index in [2.05, 4.69) is 20.4 Å². The lowest BCUT2D eigenvalue weighted by Gasteiger charge is -2.37. The summed E-state index contributed by atoms with van der Waals surface area (Å²) < 4.78 is 1.72. The van der Waals surface area contributed by atoms with E-state index in [1.165, 1.54) is 0 Å². The molecule has 1 aliphatic rings. The third-order valence-corrected chi connectivity index (χ3v) is 5.33. The van der Waals surface area contributed by atoms with Gasteiger partial charge in [0.25, 0.3) is 5.91 Å². The second kappa shape index (κ2) is 6.74. The van der Waals surface area contributed by atoms with Crippen molar-refractivity contribution in [3.8, 4) is 0 Å². The van der Waals surface area contributed by atoms with Gasteiger partial charge in [-0.2, -0.15) is 5.10 Å². The number of carbonyl (C=O) groups excluding carboxylic acids is 1. The molecule has 2 heterocycles. The number of fused-ring (bicyclic) bond motifs is 1. The van der Waals surface area contributed by atoms with E-state index >= 15 is 0 Å². The number of benzene rings is 1. The SMILES string of the molecule is Cc1nc2ccc(C(=O)N[C@H](c3cnn(C)c3)C3CC(O)C3)cc2nc1C. The van der Waals surface area contributed by atoms with Crippen LogP contribution in [0.1, 0.15) is 46.2 Å². The molecule has 0 aliphatic heterocycles. The zero-order valence-electron chi connectivity index (χ0n) is 15.7. The summed E-state index contributed by atoms with van der Waals surface area (Å²) in [6.07, 6.45) is 4.76. The van der Waals surface area contributed by atoms with E-state index in [9.17, 15) is 9.90 Å². The van der Waals surface area contributed by atoms with Gasteiger partial charge in [-0.15, -0.1) is 0 Å². The number of nitrogens with zero attached hydrogens (tertiary/aromatic N) is 4. The quantitative estimate of drug-likeness (QED) is 0.739. The maximum atomic E-state index is 12.9. The molecule has 140 valence electrons. The summed E-state index contributed by atoms with van der Waals surface area (Å²) in [7, 11) is 1.85. The number of rotatable bonds is 4. The Morgan fingerprint density at radius 3 is 2.56 bits per heavy atom. The van der Waals surface area contributed by atoms with E-state index in [4.69, 9.17) is 0 Å². The molecule has 0 spiro atoms. The van der Waals surface area contributed by atoms with Crippen LogP contribution >= 0.6 is 0 Å². The molecule has 27 heavy (non-hydrogen) atoms. The van der Waals surface area contributed by atoms with Crippen LogP contribution in [-0.2, 0) is 7.05 Å². The Morgan fingerprint density at radius 2 is 1.93 bits per heavy atom. The summed E-state index contributed by atoms with van der Waals surface area (Å²) in [4.78, 5) is 22.0. The Morgan fingerprint density at radius 1 is 1.22 bits per heavy atom. The van der Waals surface area contributed by atoms with Gasteiger partial charge in [0.2, 0.25) is 0 Å². The normalized spacial score (nSPS) is 20.3. The third-order valence-electron chi connectivity index (χ3n) is 5.33. The lowest BCUT2D eigenvalue weighted by atomic mass is 9.75. The molecular formula is C20H23N5O2. The van der Waals surface area contributed by atoms with Crippen LogP contribution in [-0.4, -0.2) is 36.9 Å². The van der Waals surface area contributed by atoms with Crippen LogP contribution in [0.4, 0.5) is 0 Å². The first-order valence-corrected chi connectivity index (χ1v) is 9.13. The Balaban J connectivity index is 1.60. The molecule has 3 aromatic rings. The van der Waals surface area contributed by atoms with Gasteiger partial charge in [-0.1, -0.05) is 0 Å². The molecule has 4 rings (SSSR count). The van der Waals surface area contributed by atoms with Crippen LogP contribution in [0, 0.1) is 19.8 Å². The summed E-state index contributed by atoms with van der Waals surface area (Å²) in [5, 5.41) is 17.0. The number of nitrogens with one attached hydrogen (secondary N) is 1. The average molecular weight is 365 g/mol. The number of hydrogen-bond donors (Lipinski definition) is 2. The third kappa shape index (κ3) is 3.42. The van der Waals surface area contributed by atoms with Crippen LogP contribution in [0.15, 0.2) is 30.6 Å². The molecule has 1 amide bonds. The van der Waals surface area contributed by atoms with Crippen LogP contribution in [0.2, 0.25) is 0 Å². The molecule has 0 saturated heterocycles. The van der Waals surface area contributed by atoms with Crippen molar-refractivity contribution in [3.05, 3.63) is 53.1 Å². The van der Waals surface area contributed by atoms with Crippen molar-refractivity contribution >= 4 is 16.9 Å². The minimum Gasteiger partial charge on any atom is -0.393 e. The van der Waals surface area contributed by atoms with Gasteiger partial charge < -0.3 is 10.4 Å². The van der Waals surface area contributed by atoms with Crippen LogP contribution in [0.25, 0.3) is 11.0 Å². The fraction of sp³-hybridized carbons (Fsp3) is 0.400. The van der Waals surface area contributed by atoms with Crippen molar-refractivity contribution in [1.82, 2.24) is 25.1 Å². The summed E-state index contributed by atoms with van der Waals surface area (Å²) in [6.45, 7) is 3.84. The predicted molar refractivity (Wildman–Crippen MR) is 101 cm³/mol. The summed E-state index contributed by atoms with van der Waals surface area (Å²) in [5.41, 5.74) is 4.74. The van der Waals surface area contributed by atoms with Crippen LogP contribution in [0.3, 0.4) is 0 Å². The van der Waals surface area contributed by atoms with Gasteiger partial charge in [-0.25, -0.2) is 9.97 Å². The van der Waals surface area contributed by atoms with Crippen molar-refractivity contribution < 1.29 is 9.90 Å². The Labute approximate surface area is 157 Å². The smallest absolute Gasteiger partial charge is 0.251 e. The molecule has 1 saturated carbocycles. The first-order valence-electron chi connectivity index (χ1n) is 9.13. The van der Waals surface area contributed by atoms with Gasteiger partial charge >= 0.3 is 0 Å². The van der Waals surface area contributed by atoms with E-state index in [0.29, 0.717) is 23.9 Å². The zero-order chi connectivity index (χ0) is 19.1. The number of aliphatic hydroxyl groups excluding tert-OH is 1. The largest absolute Gasteiger partial charge is 0.393 e. The highest BCUT2D eigenvalue weighted by Crippen LogP contribution is 2.38. The van der Waals surface area contributed by atoms with Gasteiger partial charge in [-0.05, 0) is 50.8 Å². The van der Waals surface area contributed by atoms with Gasteiger partial charge in [0.15, 0.2) is 0 Å². The summed E-state index contributed by atoms with van der Waals surface area (Å²) >= 11 is 0. The lowest BCUT2D eigenvalue weighted by molar-refractivity contribution is 0.0235. The molecule has 2 N–H and O–H groups in total. The van der Waals surface area contributed by atoms with Gasteiger partial charge in [-0.3, -0.25) is 9.48 Å².